The smallest absolute Gasteiger partial charge is 0.0645 e. The average molecular weight is 513 g/mol. The van der Waals surface area contributed by atoms with Gasteiger partial charge in [-0.3, -0.25) is 9.97 Å². The highest BCUT2D eigenvalue weighted by Crippen LogP contribution is 2.43. The van der Waals surface area contributed by atoms with E-state index >= 15 is 0 Å². The van der Waals surface area contributed by atoms with Crippen molar-refractivity contribution in [3.05, 3.63) is 133 Å². The molecule has 4 aromatic heterocycles. The van der Waals surface area contributed by atoms with Crippen molar-refractivity contribution in [3.8, 4) is 22.5 Å². The molecule has 9 rings (SSSR count). The van der Waals surface area contributed by atoms with Gasteiger partial charge in [0.25, 0.3) is 0 Å². The molecule has 1 aliphatic rings. The largest absolute Gasteiger partial charge is 0.308 e. The van der Waals surface area contributed by atoms with Gasteiger partial charge in [0.05, 0.1) is 45.8 Å². The van der Waals surface area contributed by atoms with E-state index in [4.69, 9.17) is 0 Å². The molecule has 0 unspecified atom stereocenters. The van der Waals surface area contributed by atoms with Crippen molar-refractivity contribution in [1.29, 1.82) is 0 Å². The zero-order valence-corrected chi connectivity index (χ0v) is 21.8. The van der Waals surface area contributed by atoms with Gasteiger partial charge in [0.15, 0.2) is 0 Å². The van der Waals surface area contributed by atoms with Crippen LogP contribution in [0.5, 0.6) is 0 Å². The lowest BCUT2D eigenvalue weighted by atomic mass is 9.84. The van der Waals surface area contributed by atoms with E-state index in [1.807, 2.05) is 36.9 Å². The fourth-order valence-electron chi connectivity index (χ4n) is 6.83. The standard InChI is InChI=1S/C36H24N4/c1-3-11-33-27(9-1)31-17-23-13-14-24-18-32-28-10-2-4-12-34(28)40(26-8-6-16-38-22-26)36(32)20-30(24)29(23)19-35(31)39(33)25-7-5-15-37-21-25/h1-12,15-22H,13-14H2. The van der Waals surface area contributed by atoms with Gasteiger partial charge in [-0.05, 0) is 95.8 Å². The van der Waals surface area contributed by atoms with Crippen LogP contribution in [-0.4, -0.2) is 19.1 Å². The lowest BCUT2D eigenvalue weighted by Crippen LogP contribution is -2.05. The molecule has 0 aliphatic heterocycles. The van der Waals surface area contributed by atoms with E-state index in [9.17, 15) is 0 Å². The SMILES string of the molecule is c1cncc(-n2c3ccccc3c3cc4c(cc32)-c2cc3c(cc2CC4)c2ccccc2n3-c2cccnc2)c1. The van der Waals surface area contributed by atoms with E-state index in [1.165, 1.54) is 65.9 Å². The minimum absolute atomic E-state index is 1.04. The number of nitrogens with zero attached hydrogens (tertiary/aromatic N) is 4. The van der Waals surface area contributed by atoms with E-state index < -0.39 is 0 Å². The molecule has 0 bridgehead atoms. The summed E-state index contributed by atoms with van der Waals surface area (Å²) >= 11 is 0. The van der Waals surface area contributed by atoms with Gasteiger partial charge in [-0.1, -0.05) is 36.4 Å². The molecule has 4 heterocycles. The fourth-order valence-corrected chi connectivity index (χ4v) is 6.83. The average Bonchev–Trinajstić information content (AvgIpc) is 3.52. The fraction of sp³-hybridized carbons (Fsp3) is 0.0556. The number of aryl methyl sites for hydroxylation is 2. The third-order valence-corrected chi connectivity index (χ3v) is 8.56. The first-order valence-electron chi connectivity index (χ1n) is 13.8. The Balaban J connectivity index is 1.37. The number of hydrogen-bond acceptors (Lipinski definition) is 2. The second kappa shape index (κ2) is 8.14. The van der Waals surface area contributed by atoms with Crippen molar-refractivity contribution >= 4 is 43.6 Å². The van der Waals surface area contributed by atoms with Crippen molar-refractivity contribution in [3.63, 3.8) is 0 Å². The second-order valence-electron chi connectivity index (χ2n) is 10.7. The number of para-hydroxylation sites is 2. The maximum Gasteiger partial charge on any atom is 0.0645 e. The Kier molecular flexibility index (Phi) is 4.41. The van der Waals surface area contributed by atoms with Crippen LogP contribution in [0.15, 0.2) is 122 Å². The van der Waals surface area contributed by atoms with Gasteiger partial charge in [0.1, 0.15) is 0 Å². The van der Waals surface area contributed by atoms with Crippen LogP contribution in [0.25, 0.3) is 66.1 Å². The summed E-state index contributed by atoms with van der Waals surface area (Å²) < 4.78 is 4.72. The maximum absolute atomic E-state index is 4.44. The summed E-state index contributed by atoms with van der Waals surface area (Å²) in [6.07, 6.45) is 9.66. The third kappa shape index (κ3) is 2.96. The molecule has 4 aromatic carbocycles. The lowest BCUT2D eigenvalue weighted by molar-refractivity contribution is 0.946. The van der Waals surface area contributed by atoms with Crippen LogP contribution in [0.4, 0.5) is 0 Å². The molecule has 0 saturated carbocycles. The van der Waals surface area contributed by atoms with Crippen molar-refractivity contribution in [2.24, 2.45) is 0 Å². The Labute approximate surface area is 230 Å². The van der Waals surface area contributed by atoms with Gasteiger partial charge in [-0.2, -0.15) is 0 Å². The van der Waals surface area contributed by atoms with Crippen LogP contribution < -0.4 is 0 Å². The van der Waals surface area contributed by atoms with E-state index in [1.54, 1.807) is 0 Å². The zero-order chi connectivity index (χ0) is 26.2. The van der Waals surface area contributed by atoms with Crippen LogP contribution in [-0.2, 0) is 12.8 Å². The van der Waals surface area contributed by atoms with Gasteiger partial charge in [0, 0.05) is 33.9 Å². The van der Waals surface area contributed by atoms with Crippen molar-refractivity contribution in [2.45, 2.75) is 12.8 Å². The summed E-state index contributed by atoms with van der Waals surface area (Å²) in [5, 5.41) is 5.16. The van der Waals surface area contributed by atoms with Crippen LogP contribution in [0.2, 0.25) is 0 Å². The molecule has 0 radical (unpaired) electrons. The Bertz CT molecular complexity index is 2090. The lowest BCUT2D eigenvalue weighted by Gasteiger charge is -2.21. The molecule has 0 fully saturated rings. The first-order valence-corrected chi connectivity index (χ1v) is 13.8. The highest BCUT2D eigenvalue weighted by Gasteiger charge is 2.23. The first kappa shape index (κ1) is 21.7. The number of benzene rings is 4. The van der Waals surface area contributed by atoms with Gasteiger partial charge < -0.3 is 9.13 Å². The summed E-state index contributed by atoms with van der Waals surface area (Å²) in [4.78, 5) is 8.88. The highest BCUT2D eigenvalue weighted by molar-refractivity contribution is 6.13. The molecule has 40 heavy (non-hydrogen) atoms. The van der Waals surface area contributed by atoms with Gasteiger partial charge in [0.2, 0.25) is 0 Å². The number of pyridine rings is 2. The minimum Gasteiger partial charge on any atom is -0.308 e. The van der Waals surface area contributed by atoms with Crippen LogP contribution >= 0.6 is 0 Å². The Morgan fingerprint density at radius 1 is 0.450 bits per heavy atom. The third-order valence-electron chi connectivity index (χ3n) is 8.56. The summed E-state index contributed by atoms with van der Waals surface area (Å²) in [6, 6.07) is 35.4. The Morgan fingerprint density at radius 2 is 0.925 bits per heavy atom. The molecule has 0 atom stereocenters. The van der Waals surface area contributed by atoms with Gasteiger partial charge in [-0.15, -0.1) is 0 Å². The number of hydrogen-bond donors (Lipinski definition) is 0. The monoisotopic (exact) mass is 512 g/mol. The molecule has 0 saturated heterocycles. The molecule has 188 valence electrons. The predicted molar refractivity (Wildman–Crippen MR) is 164 cm³/mol. The predicted octanol–water partition coefficient (Wildman–Crippen LogP) is 8.44. The quantitative estimate of drug-likeness (QED) is 0.233. The topological polar surface area (TPSA) is 35.6 Å². The molecular formula is C36H24N4. The van der Waals surface area contributed by atoms with Gasteiger partial charge in [-0.25, -0.2) is 0 Å². The summed E-state index contributed by atoms with van der Waals surface area (Å²) in [6.45, 7) is 0. The Morgan fingerprint density at radius 3 is 1.38 bits per heavy atom. The van der Waals surface area contributed by atoms with Crippen molar-refractivity contribution in [2.75, 3.05) is 0 Å². The van der Waals surface area contributed by atoms with Crippen LogP contribution in [0.3, 0.4) is 0 Å². The number of aromatic nitrogens is 4. The number of rotatable bonds is 2. The molecule has 4 heteroatoms. The summed E-state index contributed by atoms with van der Waals surface area (Å²) in [5.41, 5.74) is 12.5. The molecule has 4 nitrogen and oxygen atoms in total. The number of fused-ring (bicyclic) bond motifs is 9. The van der Waals surface area contributed by atoms with Crippen molar-refractivity contribution in [1.82, 2.24) is 19.1 Å². The molecule has 1 aliphatic carbocycles. The van der Waals surface area contributed by atoms with E-state index in [-0.39, 0.29) is 0 Å². The van der Waals surface area contributed by atoms with Crippen molar-refractivity contribution < 1.29 is 0 Å². The molecule has 0 spiro atoms. The molecule has 0 amide bonds. The maximum atomic E-state index is 4.44. The van der Waals surface area contributed by atoms with Crippen LogP contribution in [0.1, 0.15) is 11.1 Å². The minimum atomic E-state index is 1.04. The zero-order valence-electron chi connectivity index (χ0n) is 21.8. The summed E-state index contributed by atoms with van der Waals surface area (Å²) in [7, 11) is 0. The second-order valence-corrected chi connectivity index (χ2v) is 10.7. The van der Waals surface area contributed by atoms with E-state index in [0.717, 1.165) is 24.2 Å². The van der Waals surface area contributed by atoms with E-state index in [0.29, 0.717) is 0 Å². The highest BCUT2D eigenvalue weighted by atomic mass is 15.0. The normalized spacial score (nSPS) is 12.8. The molecular weight excluding hydrogens is 488 g/mol. The summed E-state index contributed by atoms with van der Waals surface area (Å²) in [5.74, 6) is 0. The molecule has 0 N–H and O–H groups in total. The van der Waals surface area contributed by atoms with Crippen LogP contribution in [0, 0.1) is 0 Å². The van der Waals surface area contributed by atoms with E-state index in [2.05, 4.69) is 104 Å². The van der Waals surface area contributed by atoms with Gasteiger partial charge >= 0.3 is 0 Å². The Hall–Kier alpha value is -5.22. The first-order chi connectivity index (χ1) is 19.8. The molecule has 8 aromatic rings.